The Bertz CT molecular complexity index is 641. The van der Waals surface area contributed by atoms with Crippen LogP contribution < -0.4 is 0 Å². The molecule has 0 fully saturated rings. The molecule has 17 heavy (non-hydrogen) atoms. The van der Waals surface area contributed by atoms with E-state index < -0.39 is 0 Å². The molecule has 0 spiro atoms. The number of aromatic nitrogens is 3. The second-order valence-electron chi connectivity index (χ2n) is 3.92. The standard InChI is InChI=1S/C14H13N3/c1-2-14-16-12-10-15-9-8-13(12)17(14)11-6-4-3-5-7-11/h3-10H,2H2,1H3. The number of nitrogens with zero attached hydrogens (tertiary/aromatic N) is 3. The Balaban J connectivity index is 2.34. The van der Waals surface area contributed by atoms with Gasteiger partial charge < -0.3 is 0 Å². The van der Waals surface area contributed by atoms with Crippen LogP contribution in [-0.4, -0.2) is 14.5 Å². The summed E-state index contributed by atoms with van der Waals surface area (Å²) in [5, 5.41) is 0. The summed E-state index contributed by atoms with van der Waals surface area (Å²) in [6.45, 7) is 2.12. The first-order valence-corrected chi connectivity index (χ1v) is 5.77. The smallest absolute Gasteiger partial charge is 0.114 e. The molecule has 3 heteroatoms. The van der Waals surface area contributed by atoms with Crippen molar-refractivity contribution in [1.29, 1.82) is 0 Å². The summed E-state index contributed by atoms with van der Waals surface area (Å²) in [7, 11) is 0. The number of rotatable bonds is 2. The molecule has 0 N–H and O–H groups in total. The van der Waals surface area contributed by atoms with Crippen LogP contribution >= 0.6 is 0 Å². The van der Waals surface area contributed by atoms with Gasteiger partial charge in [0.15, 0.2) is 0 Å². The van der Waals surface area contributed by atoms with Crippen LogP contribution in [0.5, 0.6) is 0 Å². The molecule has 0 aliphatic carbocycles. The minimum absolute atomic E-state index is 0.906. The van der Waals surface area contributed by atoms with Gasteiger partial charge in [0.1, 0.15) is 11.3 Å². The molecule has 0 aliphatic heterocycles. The van der Waals surface area contributed by atoms with Gasteiger partial charge in [0.05, 0.1) is 11.7 Å². The number of fused-ring (bicyclic) bond motifs is 1. The lowest BCUT2D eigenvalue weighted by Crippen LogP contribution is -1.99. The van der Waals surface area contributed by atoms with Gasteiger partial charge in [-0.2, -0.15) is 0 Å². The van der Waals surface area contributed by atoms with Crippen molar-refractivity contribution in [2.45, 2.75) is 13.3 Å². The quantitative estimate of drug-likeness (QED) is 0.668. The largest absolute Gasteiger partial charge is 0.296 e. The average Bonchev–Trinajstić information content (AvgIpc) is 2.78. The van der Waals surface area contributed by atoms with Crippen LogP contribution in [0.2, 0.25) is 0 Å². The summed E-state index contributed by atoms with van der Waals surface area (Å²) < 4.78 is 2.19. The lowest BCUT2D eigenvalue weighted by atomic mass is 10.3. The minimum Gasteiger partial charge on any atom is -0.296 e. The van der Waals surface area contributed by atoms with Gasteiger partial charge in [-0.15, -0.1) is 0 Å². The van der Waals surface area contributed by atoms with Crippen LogP contribution in [0.3, 0.4) is 0 Å². The fourth-order valence-corrected chi connectivity index (χ4v) is 2.08. The summed E-state index contributed by atoms with van der Waals surface area (Å²) in [4.78, 5) is 8.73. The predicted octanol–water partition coefficient (Wildman–Crippen LogP) is 2.98. The molecule has 0 saturated carbocycles. The van der Waals surface area contributed by atoms with Gasteiger partial charge in [0.25, 0.3) is 0 Å². The third-order valence-corrected chi connectivity index (χ3v) is 2.86. The third kappa shape index (κ3) is 1.60. The van der Waals surface area contributed by atoms with Crippen molar-refractivity contribution in [2.24, 2.45) is 0 Å². The Labute approximate surface area is 99.8 Å². The zero-order valence-corrected chi connectivity index (χ0v) is 9.67. The van der Waals surface area contributed by atoms with E-state index in [2.05, 4.69) is 33.6 Å². The van der Waals surface area contributed by atoms with Crippen LogP contribution in [0, 0.1) is 0 Å². The molecule has 2 heterocycles. The second kappa shape index (κ2) is 4.01. The zero-order valence-electron chi connectivity index (χ0n) is 9.67. The van der Waals surface area contributed by atoms with E-state index in [0.29, 0.717) is 0 Å². The molecule has 3 rings (SSSR count). The molecular formula is C14H13N3. The maximum Gasteiger partial charge on any atom is 0.114 e. The number of imidazole rings is 1. The Morgan fingerprint density at radius 2 is 1.94 bits per heavy atom. The van der Waals surface area contributed by atoms with Crippen molar-refractivity contribution in [3.05, 3.63) is 54.6 Å². The van der Waals surface area contributed by atoms with E-state index in [-0.39, 0.29) is 0 Å². The average molecular weight is 223 g/mol. The number of hydrogen-bond donors (Lipinski definition) is 0. The van der Waals surface area contributed by atoms with Gasteiger partial charge in [-0.3, -0.25) is 9.55 Å². The van der Waals surface area contributed by atoms with Crippen molar-refractivity contribution in [2.75, 3.05) is 0 Å². The second-order valence-corrected chi connectivity index (χ2v) is 3.92. The van der Waals surface area contributed by atoms with Crippen molar-refractivity contribution >= 4 is 11.0 Å². The highest BCUT2D eigenvalue weighted by Gasteiger charge is 2.09. The van der Waals surface area contributed by atoms with Crippen molar-refractivity contribution in [3.63, 3.8) is 0 Å². The first-order valence-electron chi connectivity index (χ1n) is 5.77. The topological polar surface area (TPSA) is 30.7 Å². The van der Waals surface area contributed by atoms with E-state index in [1.807, 2.05) is 36.7 Å². The zero-order chi connectivity index (χ0) is 11.7. The molecule has 0 unspecified atom stereocenters. The van der Waals surface area contributed by atoms with Gasteiger partial charge in [-0.25, -0.2) is 4.98 Å². The SMILES string of the molecule is CCc1nc2cnccc2n1-c1ccccc1. The van der Waals surface area contributed by atoms with E-state index >= 15 is 0 Å². The summed E-state index contributed by atoms with van der Waals surface area (Å²) in [5.41, 5.74) is 3.22. The monoisotopic (exact) mass is 223 g/mol. The van der Waals surface area contributed by atoms with Gasteiger partial charge in [0.2, 0.25) is 0 Å². The van der Waals surface area contributed by atoms with E-state index in [1.165, 1.54) is 0 Å². The molecule has 3 aromatic rings. The number of aryl methyl sites for hydroxylation is 1. The Morgan fingerprint density at radius 1 is 1.12 bits per heavy atom. The van der Waals surface area contributed by atoms with Crippen LogP contribution in [0.25, 0.3) is 16.7 Å². The van der Waals surface area contributed by atoms with Crippen molar-refractivity contribution in [3.8, 4) is 5.69 Å². The van der Waals surface area contributed by atoms with E-state index in [9.17, 15) is 0 Å². The van der Waals surface area contributed by atoms with Crippen molar-refractivity contribution < 1.29 is 0 Å². The van der Waals surface area contributed by atoms with Crippen LogP contribution in [0.4, 0.5) is 0 Å². The molecule has 0 bridgehead atoms. The summed E-state index contributed by atoms with van der Waals surface area (Å²) >= 11 is 0. The molecule has 84 valence electrons. The van der Waals surface area contributed by atoms with Gasteiger partial charge in [-0.05, 0) is 18.2 Å². The van der Waals surface area contributed by atoms with Crippen LogP contribution in [0.15, 0.2) is 48.8 Å². The van der Waals surface area contributed by atoms with Gasteiger partial charge >= 0.3 is 0 Å². The number of benzene rings is 1. The van der Waals surface area contributed by atoms with Gasteiger partial charge in [0, 0.05) is 18.3 Å². The van der Waals surface area contributed by atoms with Crippen molar-refractivity contribution in [1.82, 2.24) is 14.5 Å². The lowest BCUT2D eigenvalue weighted by Gasteiger charge is -2.07. The maximum atomic E-state index is 4.61. The molecule has 2 aromatic heterocycles. The summed E-state index contributed by atoms with van der Waals surface area (Å²) in [6.07, 6.45) is 4.53. The lowest BCUT2D eigenvalue weighted by molar-refractivity contribution is 0.908. The Morgan fingerprint density at radius 3 is 2.71 bits per heavy atom. The molecule has 0 radical (unpaired) electrons. The first kappa shape index (κ1) is 10.0. The highest BCUT2D eigenvalue weighted by Crippen LogP contribution is 2.20. The molecule has 0 saturated heterocycles. The normalized spacial score (nSPS) is 10.9. The summed E-state index contributed by atoms with van der Waals surface area (Å²) in [6, 6.07) is 12.3. The molecule has 0 amide bonds. The Kier molecular flexibility index (Phi) is 2.37. The highest BCUT2D eigenvalue weighted by atomic mass is 15.1. The fourth-order valence-electron chi connectivity index (χ4n) is 2.08. The van der Waals surface area contributed by atoms with E-state index in [1.54, 1.807) is 0 Å². The number of para-hydroxylation sites is 1. The molecule has 0 aliphatic rings. The predicted molar refractivity (Wildman–Crippen MR) is 68.2 cm³/mol. The summed E-state index contributed by atoms with van der Waals surface area (Å²) in [5.74, 6) is 1.07. The van der Waals surface area contributed by atoms with Crippen LogP contribution in [-0.2, 0) is 6.42 Å². The Hall–Kier alpha value is -2.16. The highest BCUT2D eigenvalue weighted by molar-refractivity contribution is 5.77. The third-order valence-electron chi connectivity index (χ3n) is 2.86. The first-order chi connectivity index (χ1) is 8.40. The maximum absolute atomic E-state index is 4.61. The van der Waals surface area contributed by atoms with E-state index in [4.69, 9.17) is 0 Å². The van der Waals surface area contributed by atoms with Gasteiger partial charge in [-0.1, -0.05) is 25.1 Å². The van der Waals surface area contributed by atoms with E-state index in [0.717, 1.165) is 29.0 Å². The molecule has 3 nitrogen and oxygen atoms in total. The minimum atomic E-state index is 0.906. The molecule has 0 atom stereocenters. The number of pyridine rings is 1. The van der Waals surface area contributed by atoms with Crippen LogP contribution in [0.1, 0.15) is 12.7 Å². The molecular weight excluding hydrogens is 210 g/mol. The fraction of sp³-hybridized carbons (Fsp3) is 0.143. The number of hydrogen-bond acceptors (Lipinski definition) is 2. The molecule has 1 aromatic carbocycles.